The van der Waals surface area contributed by atoms with Crippen molar-refractivity contribution in [3.8, 4) is 0 Å². The standard InChI is InChI=1S/C33H40FN3O4S/c1-24-11-10-16-30(25(24)2)37(42(3,40)41)23-32(38)36(22-27-17-19-28(34)20-18-27)31(21-26-12-6-4-7-13-26)33(39)35-29-14-8-5-9-15-29/h4,6-7,10-13,16-20,29,31H,5,8-9,14-15,21-23H2,1-3H3,(H,35,39)/t31-/m1/s1. The third kappa shape index (κ3) is 8.18. The molecule has 224 valence electrons. The highest BCUT2D eigenvalue weighted by atomic mass is 32.2. The summed E-state index contributed by atoms with van der Waals surface area (Å²) in [4.78, 5) is 29.6. The number of carbonyl (C=O) groups excluding carboxylic acids is 2. The summed E-state index contributed by atoms with van der Waals surface area (Å²) in [6, 6.07) is 19.7. The maximum atomic E-state index is 14.2. The highest BCUT2D eigenvalue weighted by molar-refractivity contribution is 7.92. The summed E-state index contributed by atoms with van der Waals surface area (Å²) in [5.74, 6) is -1.21. The maximum absolute atomic E-state index is 14.2. The number of anilines is 1. The zero-order valence-corrected chi connectivity index (χ0v) is 25.4. The lowest BCUT2D eigenvalue weighted by molar-refractivity contribution is -0.140. The molecule has 1 atom stereocenters. The number of benzene rings is 3. The minimum absolute atomic E-state index is 0.0130. The number of aryl methyl sites for hydroxylation is 1. The predicted molar refractivity (Wildman–Crippen MR) is 164 cm³/mol. The molecule has 42 heavy (non-hydrogen) atoms. The molecule has 0 unspecified atom stereocenters. The number of rotatable bonds is 11. The Morgan fingerprint density at radius 2 is 1.57 bits per heavy atom. The van der Waals surface area contributed by atoms with Crippen molar-refractivity contribution in [1.29, 1.82) is 0 Å². The first-order valence-corrected chi connectivity index (χ1v) is 16.3. The summed E-state index contributed by atoms with van der Waals surface area (Å²) in [6.45, 7) is 3.23. The molecule has 0 bridgehead atoms. The number of nitrogens with zero attached hydrogens (tertiary/aromatic N) is 2. The third-order valence-corrected chi connectivity index (χ3v) is 9.14. The molecule has 1 saturated carbocycles. The zero-order valence-electron chi connectivity index (χ0n) is 24.6. The summed E-state index contributed by atoms with van der Waals surface area (Å²) in [5.41, 5.74) is 3.56. The second-order valence-electron chi connectivity index (χ2n) is 11.2. The van der Waals surface area contributed by atoms with Crippen LogP contribution in [0.3, 0.4) is 0 Å². The third-order valence-electron chi connectivity index (χ3n) is 8.01. The van der Waals surface area contributed by atoms with Crippen LogP contribution in [0.4, 0.5) is 10.1 Å². The van der Waals surface area contributed by atoms with Gasteiger partial charge in [-0.15, -0.1) is 0 Å². The fourth-order valence-electron chi connectivity index (χ4n) is 5.49. The van der Waals surface area contributed by atoms with E-state index in [1.165, 1.54) is 17.0 Å². The number of amides is 2. The number of hydrogen-bond donors (Lipinski definition) is 1. The molecule has 1 fully saturated rings. The van der Waals surface area contributed by atoms with E-state index in [1.54, 1.807) is 24.3 Å². The van der Waals surface area contributed by atoms with Crippen molar-refractivity contribution in [1.82, 2.24) is 10.2 Å². The fourth-order valence-corrected chi connectivity index (χ4v) is 6.39. The van der Waals surface area contributed by atoms with Gasteiger partial charge in [0.05, 0.1) is 11.9 Å². The van der Waals surface area contributed by atoms with Crippen molar-refractivity contribution in [3.05, 3.63) is 101 Å². The molecule has 3 aromatic rings. The highest BCUT2D eigenvalue weighted by Gasteiger charge is 2.34. The number of hydrogen-bond acceptors (Lipinski definition) is 4. The Morgan fingerprint density at radius 1 is 0.905 bits per heavy atom. The second kappa shape index (κ2) is 14.0. The first-order valence-electron chi connectivity index (χ1n) is 14.4. The summed E-state index contributed by atoms with van der Waals surface area (Å²) in [5, 5.41) is 3.18. The lowest BCUT2D eigenvalue weighted by Gasteiger charge is -2.35. The molecule has 0 aliphatic heterocycles. The Labute approximate surface area is 248 Å². The SMILES string of the molecule is Cc1cccc(N(CC(=O)N(Cc2ccc(F)cc2)[C@H](Cc2ccccc2)C(=O)NC2CCCCC2)S(C)(=O)=O)c1C. The number of nitrogens with one attached hydrogen (secondary N) is 1. The minimum atomic E-state index is -3.86. The normalized spacial score (nSPS) is 14.7. The van der Waals surface area contributed by atoms with Gasteiger partial charge in [-0.2, -0.15) is 0 Å². The molecular weight excluding hydrogens is 553 g/mol. The van der Waals surface area contributed by atoms with Crippen molar-refractivity contribution in [3.63, 3.8) is 0 Å². The van der Waals surface area contributed by atoms with Crippen LogP contribution >= 0.6 is 0 Å². The molecule has 0 heterocycles. The predicted octanol–water partition coefficient (Wildman–Crippen LogP) is 5.30. The van der Waals surface area contributed by atoms with E-state index in [9.17, 15) is 22.4 Å². The van der Waals surface area contributed by atoms with Gasteiger partial charge in [0.15, 0.2) is 0 Å². The lowest BCUT2D eigenvalue weighted by atomic mass is 9.94. The smallest absolute Gasteiger partial charge is 0.244 e. The molecule has 0 aromatic heterocycles. The van der Waals surface area contributed by atoms with Crippen molar-refractivity contribution in [2.45, 2.75) is 71.0 Å². The Kier molecular flexibility index (Phi) is 10.4. The van der Waals surface area contributed by atoms with Crippen LogP contribution in [0.1, 0.15) is 54.4 Å². The molecule has 3 aromatic carbocycles. The van der Waals surface area contributed by atoms with Crippen LogP contribution in [0, 0.1) is 19.7 Å². The van der Waals surface area contributed by atoms with E-state index < -0.39 is 34.3 Å². The van der Waals surface area contributed by atoms with Crippen LogP contribution in [-0.4, -0.2) is 50.0 Å². The Hall–Kier alpha value is -3.72. The summed E-state index contributed by atoms with van der Waals surface area (Å²) >= 11 is 0. The van der Waals surface area contributed by atoms with Crippen molar-refractivity contribution < 1.29 is 22.4 Å². The van der Waals surface area contributed by atoms with Crippen molar-refractivity contribution in [2.75, 3.05) is 17.1 Å². The second-order valence-corrected chi connectivity index (χ2v) is 13.1. The number of carbonyl (C=O) groups is 2. The summed E-state index contributed by atoms with van der Waals surface area (Å²) < 4.78 is 40.9. The van der Waals surface area contributed by atoms with Crippen LogP contribution in [0.25, 0.3) is 0 Å². The van der Waals surface area contributed by atoms with Crippen LogP contribution in [0.5, 0.6) is 0 Å². The van der Waals surface area contributed by atoms with E-state index in [2.05, 4.69) is 5.32 Å². The highest BCUT2D eigenvalue weighted by Crippen LogP contribution is 2.26. The van der Waals surface area contributed by atoms with Gasteiger partial charge in [-0.3, -0.25) is 13.9 Å². The molecular formula is C33H40FN3O4S. The molecule has 2 amide bonds. The van der Waals surface area contributed by atoms with E-state index in [0.29, 0.717) is 11.3 Å². The number of sulfonamides is 1. The Balaban J connectivity index is 1.73. The summed E-state index contributed by atoms with van der Waals surface area (Å²) in [6.07, 6.45) is 6.28. The van der Waals surface area contributed by atoms with E-state index >= 15 is 0 Å². The van der Waals surface area contributed by atoms with Gasteiger partial charge in [-0.1, -0.05) is 73.9 Å². The molecule has 1 aliphatic rings. The molecule has 1 aliphatic carbocycles. The maximum Gasteiger partial charge on any atom is 0.244 e. The van der Waals surface area contributed by atoms with Gasteiger partial charge in [0.25, 0.3) is 0 Å². The zero-order chi connectivity index (χ0) is 30.3. The molecule has 4 rings (SSSR count). The first kappa shape index (κ1) is 31.2. The first-order chi connectivity index (χ1) is 20.0. The van der Waals surface area contributed by atoms with E-state index in [4.69, 9.17) is 0 Å². The molecule has 1 N–H and O–H groups in total. The molecule has 0 saturated heterocycles. The molecule has 9 heteroatoms. The van der Waals surface area contributed by atoms with Crippen LogP contribution in [0.15, 0.2) is 72.8 Å². The van der Waals surface area contributed by atoms with Gasteiger partial charge < -0.3 is 10.2 Å². The van der Waals surface area contributed by atoms with Crippen LogP contribution in [0.2, 0.25) is 0 Å². The van der Waals surface area contributed by atoms with Gasteiger partial charge >= 0.3 is 0 Å². The van der Waals surface area contributed by atoms with Crippen LogP contribution in [-0.2, 0) is 32.6 Å². The Morgan fingerprint density at radius 3 is 2.21 bits per heavy atom. The van der Waals surface area contributed by atoms with Crippen molar-refractivity contribution >= 4 is 27.5 Å². The number of halogens is 1. The van der Waals surface area contributed by atoms with Gasteiger partial charge in [0.2, 0.25) is 21.8 Å². The van der Waals surface area contributed by atoms with E-state index in [1.807, 2.05) is 50.2 Å². The van der Waals surface area contributed by atoms with Gasteiger partial charge in [0.1, 0.15) is 18.4 Å². The van der Waals surface area contributed by atoms with Crippen molar-refractivity contribution in [2.24, 2.45) is 0 Å². The van der Waals surface area contributed by atoms with E-state index in [-0.39, 0.29) is 24.9 Å². The lowest BCUT2D eigenvalue weighted by Crippen LogP contribution is -2.55. The molecule has 0 radical (unpaired) electrons. The average molecular weight is 594 g/mol. The molecule has 0 spiro atoms. The fraction of sp³-hybridized carbons (Fsp3) is 0.394. The monoisotopic (exact) mass is 593 g/mol. The van der Waals surface area contributed by atoms with E-state index in [0.717, 1.165) is 59.4 Å². The van der Waals surface area contributed by atoms with Gasteiger partial charge in [-0.05, 0) is 67.1 Å². The summed E-state index contributed by atoms with van der Waals surface area (Å²) in [7, 11) is -3.86. The Bertz CT molecular complexity index is 1470. The molecule has 7 nitrogen and oxygen atoms in total. The quantitative estimate of drug-likeness (QED) is 0.327. The van der Waals surface area contributed by atoms with Gasteiger partial charge in [-0.25, -0.2) is 12.8 Å². The average Bonchev–Trinajstić information content (AvgIpc) is 2.96. The minimum Gasteiger partial charge on any atom is -0.352 e. The van der Waals surface area contributed by atoms with Crippen LogP contribution < -0.4 is 9.62 Å². The largest absolute Gasteiger partial charge is 0.352 e. The van der Waals surface area contributed by atoms with Gasteiger partial charge in [0, 0.05) is 19.0 Å². The topological polar surface area (TPSA) is 86.8 Å².